The molecule has 1 unspecified atom stereocenters. The summed E-state index contributed by atoms with van der Waals surface area (Å²) >= 11 is 0. The van der Waals surface area contributed by atoms with Crippen LogP contribution in [0.4, 0.5) is 0 Å². The van der Waals surface area contributed by atoms with Crippen LogP contribution in [-0.2, 0) is 25.5 Å². The Morgan fingerprint density at radius 2 is 1.62 bits per heavy atom. The Morgan fingerprint density at radius 3 is 2.38 bits per heavy atom. The minimum Gasteiger partial charge on any atom is -0.508 e. The predicted molar refractivity (Wildman–Crippen MR) is 185 cm³/mol. The second-order valence-corrected chi connectivity index (χ2v) is 17.0. The molecular weight excluding hydrogens is 600 g/mol. The summed E-state index contributed by atoms with van der Waals surface area (Å²) in [7, 11) is 0. The van der Waals surface area contributed by atoms with Crippen LogP contribution in [0.1, 0.15) is 128 Å². The average Bonchev–Trinajstić information content (AvgIpc) is 3.52. The maximum atomic E-state index is 11.8. The van der Waals surface area contributed by atoms with Crippen LogP contribution in [-0.4, -0.2) is 40.0 Å². The van der Waals surface area contributed by atoms with Crippen LogP contribution < -0.4 is 0 Å². The third-order valence-corrected chi connectivity index (χ3v) is 15.1. The lowest BCUT2D eigenvalue weighted by Crippen LogP contribution is -2.53. The van der Waals surface area contributed by atoms with E-state index in [0.29, 0.717) is 41.3 Å². The summed E-state index contributed by atoms with van der Waals surface area (Å²) in [5.74, 6) is 7.43. The van der Waals surface area contributed by atoms with Crippen molar-refractivity contribution >= 4 is 11.9 Å². The molecule has 0 radical (unpaired) electrons. The van der Waals surface area contributed by atoms with E-state index in [0.717, 1.165) is 70.1 Å². The number of carbonyl (C=O) groups is 2. The molecular formula is C42H56O6. The van der Waals surface area contributed by atoms with Crippen molar-refractivity contribution < 1.29 is 29.3 Å². The summed E-state index contributed by atoms with van der Waals surface area (Å²) < 4.78 is 11.3. The van der Waals surface area contributed by atoms with E-state index in [1.807, 2.05) is 12.1 Å². The van der Waals surface area contributed by atoms with Crippen LogP contribution >= 0.6 is 0 Å². The van der Waals surface area contributed by atoms with Gasteiger partial charge in [0.15, 0.2) is 5.60 Å². The van der Waals surface area contributed by atoms with Crippen LogP contribution in [0.5, 0.6) is 5.75 Å². The zero-order valence-electron chi connectivity index (χ0n) is 29.5. The van der Waals surface area contributed by atoms with Crippen LogP contribution in [0.15, 0.2) is 29.8 Å². The second kappa shape index (κ2) is 12.5. The molecule has 1 aromatic rings. The van der Waals surface area contributed by atoms with Gasteiger partial charge in [-0.25, -0.2) is 0 Å². The lowest BCUT2D eigenvalue weighted by molar-refractivity contribution is -0.167. The fourth-order valence-electron chi connectivity index (χ4n) is 12.8. The highest BCUT2D eigenvalue weighted by molar-refractivity contribution is 5.67. The number of allylic oxidation sites excluding steroid dienone is 1. The summed E-state index contributed by atoms with van der Waals surface area (Å²) in [6, 6.07) is 5.96. The molecule has 260 valence electrons. The van der Waals surface area contributed by atoms with Crippen molar-refractivity contribution in [3.8, 4) is 18.1 Å². The van der Waals surface area contributed by atoms with E-state index in [-0.39, 0.29) is 35.0 Å². The van der Waals surface area contributed by atoms with E-state index in [9.17, 15) is 19.8 Å². The molecule has 6 heteroatoms. The van der Waals surface area contributed by atoms with Crippen LogP contribution in [0.2, 0.25) is 0 Å². The summed E-state index contributed by atoms with van der Waals surface area (Å²) in [5, 5.41) is 20.0. The van der Waals surface area contributed by atoms with Crippen LogP contribution in [0.25, 0.3) is 0 Å². The average molecular weight is 657 g/mol. The lowest BCUT2D eigenvalue weighted by atomic mass is 9.50. The quantitative estimate of drug-likeness (QED) is 0.190. The highest BCUT2D eigenvalue weighted by Crippen LogP contribution is 2.66. The fraction of sp³-hybridized carbons (Fsp3) is 0.714. The summed E-state index contributed by atoms with van der Waals surface area (Å²) in [6.07, 6.45) is 23.2. The van der Waals surface area contributed by atoms with Crippen molar-refractivity contribution in [2.45, 2.75) is 141 Å². The molecule has 0 bridgehead atoms. The number of aliphatic hydroxyl groups excluding tert-OH is 1. The number of terminal acetylenes is 1. The van der Waals surface area contributed by atoms with Gasteiger partial charge in [-0.3, -0.25) is 9.59 Å². The minimum absolute atomic E-state index is 0.0429. The lowest BCUT2D eigenvalue weighted by Gasteiger charge is -2.55. The van der Waals surface area contributed by atoms with Crippen molar-refractivity contribution in [1.29, 1.82) is 0 Å². The minimum atomic E-state index is -0.739. The highest BCUT2D eigenvalue weighted by atomic mass is 16.6. The number of benzene rings is 1. The number of aryl methyl sites for hydroxylation is 1. The number of carbonyl (C=O) groups excluding carboxylic acids is 2. The summed E-state index contributed by atoms with van der Waals surface area (Å²) in [4.78, 5) is 23.1. The van der Waals surface area contributed by atoms with E-state index in [4.69, 9.17) is 15.9 Å². The van der Waals surface area contributed by atoms with Gasteiger partial charge in [0.25, 0.3) is 0 Å². The van der Waals surface area contributed by atoms with Gasteiger partial charge in [-0.05, 0) is 166 Å². The van der Waals surface area contributed by atoms with E-state index >= 15 is 0 Å². The van der Waals surface area contributed by atoms with E-state index in [2.05, 4.69) is 31.9 Å². The van der Waals surface area contributed by atoms with E-state index in [1.165, 1.54) is 56.2 Å². The monoisotopic (exact) mass is 656 g/mol. The van der Waals surface area contributed by atoms with Crippen molar-refractivity contribution in [2.75, 3.05) is 0 Å². The van der Waals surface area contributed by atoms with Crippen molar-refractivity contribution in [3.05, 3.63) is 41.0 Å². The topological polar surface area (TPSA) is 93.1 Å². The molecule has 0 heterocycles. The number of aromatic hydroxyl groups is 1. The Morgan fingerprint density at radius 1 is 0.833 bits per heavy atom. The SMILES string of the molecule is C#CC1(OC(C)=O)CC[C@H]2[C@@H]3CCC4=C[C@@H](OC(C)=O)CC[C@@H]4[C@H]3CC[C@@]21C.C[C@]12CC[C@@H]3c4ccc(O)cc4CC[C@H]3[C@@H]1CC[C@@H]2O. The van der Waals surface area contributed by atoms with Gasteiger partial charge in [0.05, 0.1) is 6.10 Å². The second-order valence-electron chi connectivity index (χ2n) is 17.0. The summed E-state index contributed by atoms with van der Waals surface area (Å²) in [5.41, 5.74) is 3.64. The van der Waals surface area contributed by atoms with Gasteiger partial charge in [-0.1, -0.05) is 31.4 Å². The van der Waals surface area contributed by atoms with E-state index in [1.54, 1.807) is 0 Å². The molecule has 5 saturated carbocycles. The van der Waals surface area contributed by atoms with Crippen molar-refractivity contribution in [1.82, 2.24) is 0 Å². The number of phenols is 1. The molecule has 0 aromatic heterocycles. The fourth-order valence-corrected chi connectivity index (χ4v) is 12.8. The first-order valence-corrected chi connectivity index (χ1v) is 18.9. The molecule has 7 aliphatic carbocycles. The van der Waals surface area contributed by atoms with Crippen molar-refractivity contribution in [3.63, 3.8) is 0 Å². The Kier molecular flexibility index (Phi) is 8.79. The van der Waals surface area contributed by atoms with Crippen LogP contribution in [0, 0.1) is 58.7 Å². The molecule has 0 spiro atoms. The number of hydrogen-bond donors (Lipinski definition) is 2. The number of esters is 2. The Bertz CT molecular complexity index is 1510. The zero-order chi connectivity index (χ0) is 34.0. The smallest absolute Gasteiger partial charge is 0.304 e. The Hall–Kier alpha value is -2.78. The number of fused-ring (bicyclic) bond motifs is 10. The Balaban J connectivity index is 0.000000160. The standard InChI is InChI=1S/C24H32O4.C18H24O2/c1-5-24(28-16(3)26)13-11-22-21-8-6-17-14-18(27-15(2)25)7-9-19(17)20(21)10-12-23(22,24)4;1-18-9-8-14-13-5-3-12(19)10-11(13)2-4-15(14)16(18)6-7-17(18)20/h1,14,18-22H,6-13H2,2-4H3;3,5,10,14-17,19-20H,2,4,6-9H2,1H3/t18-,19-,20+,21+,22-,23-,24?;14-,15-,16+,17+,18+/m01/s1. The van der Waals surface area contributed by atoms with Gasteiger partial charge in [0.1, 0.15) is 11.9 Å². The maximum Gasteiger partial charge on any atom is 0.304 e. The molecule has 48 heavy (non-hydrogen) atoms. The third kappa shape index (κ3) is 5.42. The normalized spacial score (nSPS) is 43.6. The predicted octanol–water partition coefficient (Wildman–Crippen LogP) is 8.04. The molecule has 0 saturated heterocycles. The van der Waals surface area contributed by atoms with Crippen LogP contribution in [0.3, 0.4) is 0 Å². The maximum absolute atomic E-state index is 11.8. The molecule has 0 aliphatic heterocycles. The zero-order valence-corrected chi connectivity index (χ0v) is 29.5. The molecule has 5 fully saturated rings. The first kappa shape index (κ1) is 33.7. The summed E-state index contributed by atoms with van der Waals surface area (Å²) in [6.45, 7) is 7.55. The number of phenolic OH excluding ortho intramolecular Hbond substituents is 1. The number of rotatable bonds is 2. The number of ether oxygens (including phenoxy) is 2. The third-order valence-electron chi connectivity index (χ3n) is 15.1. The van der Waals surface area contributed by atoms with Gasteiger partial charge in [0.2, 0.25) is 0 Å². The Labute approximate surface area is 287 Å². The molecule has 2 N–H and O–H groups in total. The largest absolute Gasteiger partial charge is 0.508 e. The molecule has 6 nitrogen and oxygen atoms in total. The van der Waals surface area contributed by atoms with Gasteiger partial charge in [-0.2, -0.15) is 0 Å². The van der Waals surface area contributed by atoms with Gasteiger partial charge < -0.3 is 19.7 Å². The molecule has 0 amide bonds. The number of hydrogen-bond acceptors (Lipinski definition) is 6. The van der Waals surface area contributed by atoms with Gasteiger partial charge in [-0.15, -0.1) is 6.42 Å². The first-order chi connectivity index (χ1) is 22.9. The van der Waals surface area contributed by atoms with E-state index < -0.39 is 5.60 Å². The van der Waals surface area contributed by atoms with Crippen molar-refractivity contribution in [2.24, 2.45) is 46.3 Å². The number of aliphatic hydroxyl groups is 1. The first-order valence-electron chi connectivity index (χ1n) is 18.9. The van der Waals surface area contributed by atoms with Gasteiger partial charge >= 0.3 is 11.9 Å². The van der Waals surface area contributed by atoms with Gasteiger partial charge in [0, 0.05) is 19.3 Å². The molecule has 7 aliphatic rings. The molecule has 8 rings (SSSR count). The molecule has 12 atom stereocenters. The highest BCUT2D eigenvalue weighted by Gasteiger charge is 2.64. The molecule has 1 aromatic carbocycles.